The lowest BCUT2D eigenvalue weighted by atomic mass is 9.98. The second-order valence-electron chi connectivity index (χ2n) is 4.32. The van der Waals surface area contributed by atoms with Gasteiger partial charge in [-0.25, -0.2) is 9.18 Å². The van der Waals surface area contributed by atoms with Crippen molar-refractivity contribution in [3.63, 3.8) is 0 Å². The van der Waals surface area contributed by atoms with Crippen LogP contribution in [0.1, 0.15) is 13.2 Å². The molecule has 4 atom stereocenters. The highest BCUT2D eigenvalue weighted by Crippen LogP contribution is 2.40. The minimum atomic E-state index is -2.19. The van der Waals surface area contributed by atoms with Gasteiger partial charge in [0.15, 0.2) is 11.9 Å². The van der Waals surface area contributed by atoms with Crippen molar-refractivity contribution in [3.05, 3.63) is 27.4 Å². The van der Waals surface area contributed by atoms with Gasteiger partial charge >= 0.3 is 5.69 Å². The zero-order chi connectivity index (χ0) is 13.5. The fraction of sp³-hybridized carbons (Fsp3) is 0.600. The first kappa shape index (κ1) is 13.3. The number of halogens is 1. The highest BCUT2D eigenvalue weighted by Gasteiger charge is 2.54. The molecule has 0 aromatic carbocycles. The van der Waals surface area contributed by atoms with Crippen LogP contribution in [-0.2, 0) is 4.74 Å². The Morgan fingerprint density at radius 1 is 1.72 bits per heavy atom. The van der Waals surface area contributed by atoms with Gasteiger partial charge in [0.1, 0.15) is 16.8 Å². The van der Waals surface area contributed by atoms with Crippen molar-refractivity contribution in [2.24, 2.45) is 0 Å². The van der Waals surface area contributed by atoms with Crippen LogP contribution in [0.25, 0.3) is 0 Å². The number of aliphatic hydroxyl groups is 2. The molecule has 2 heterocycles. The predicted molar refractivity (Wildman–Crippen MR) is 62.4 cm³/mol. The largest absolute Gasteiger partial charge is 0.394 e. The quantitative estimate of drug-likeness (QED) is 0.656. The van der Waals surface area contributed by atoms with Gasteiger partial charge in [-0.05, 0) is 13.0 Å². The fourth-order valence-corrected chi connectivity index (χ4v) is 2.12. The molecule has 0 spiro atoms. The van der Waals surface area contributed by atoms with Crippen molar-refractivity contribution in [3.8, 4) is 0 Å². The second kappa shape index (κ2) is 4.54. The lowest BCUT2D eigenvalue weighted by molar-refractivity contribution is -0.0611. The molecule has 8 heteroatoms. The number of aromatic nitrogens is 2. The molecular weight excluding hydrogens is 263 g/mol. The SMILES string of the molecule is C[C@@]1(F)[C@H](O)[C@@H](CO)O[C@H]1n1ccc(=S)[nH]c1=O. The summed E-state index contributed by atoms with van der Waals surface area (Å²) in [6.45, 7) is 0.584. The number of aromatic amines is 1. The van der Waals surface area contributed by atoms with E-state index in [4.69, 9.17) is 22.1 Å². The summed E-state index contributed by atoms with van der Waals surface area (Å²) in [4.78, 5) is 14.0. The van der Waals surface area contributed by atoms with Crippen LogP contribution in [0.3, 0.4) is 0 Å². The maximum Gasteiger partial charge on any atom is 0.328 e. The van der Waals surface area contributed by atoms with Gasteiger partial charge in [0, 0.05) is 6.20 Å². The standard InChI is InChI=1S/C10H13FN2O4S/c1-10(11)7(15)5(4-14)17-8(10)13-3-2-6(18)12-9(13)16/h2-3,5,7-8,14-15H,4H2,1H3,(H,12,16,18)/t5-,7-,8-,10-/m1/s1. The van der Waals surface area contributed by atoms with E-state index < -0.39 is 36.4 Å². The van der Waals surface area contributed by atoms with Crippen LogP contribution >= 0.6 is 12.2 Å². The van der Waals surface area contributed by atoms with Gasteiger partial charge in [0.2, 0.25) is 0 Å². The molecule has 0 bridgehead atoms. The van der Waals surface area contributed by atoms with E-state index in [1.54, 1.807) is 0 Å². The van der Waals surface area contributed by atoms with Gasteiger partial charge in [-0.2, -0.15) is 0 Å². The molecule has 0 radical (unpaired) electrons. The van der Waals surface area contributed by atoms with Crippen molar-refractivity contribution in [1.82, 2.24) is 9.55 Å². The fourth-order valence-electron chi connectivity index (χ4n) is 1.97. The van der Waals surface area contributed by atoms with Crippen LogP contribution in [0.5, 0.6) is 0 Å². The Hall–Kier alpha value is -1.09. The Kier molecular flexibility index (Phi) is 3.37. The zero-order valence-electron chi connectivity index (χ0n) is 9.54. The van der Waals surface area contributed by atoms with E-state index in [0.29, 0.717) is 0 Å². The van der Waals surface area contributed by atoms with Gasteiger partial charge in [-0.15, -0.1) is 0 Å². The molecule has 1 aromatic heterocycles. The lowest BCUT2D eigenvalue weighted by Gasteiger charge is -2.24. The van der Waals surface area contributed by atoms with Gasteiger partial charge in [-0.1, -0.05) is 12.2 Å². The second-order valence-corrected chi connectivity index (χ2v) is 4.76. The van der Waals surface area contributed by atoms with E-state index >= 15 is 0 Å². The molecule has 1 saturated heterocycles. The Bertz CT molecular complexity index is 555. The monoisotopic (exact) mass is 276 g/mol. The summed E-state index contributed by atoms with van der Waals surface area (Å²) in [5, 5.41) is 18.7. The van der Waals surface area contributed by atoms with Crippen LogP contribution in [0.4, 0.5) is 4.39 Å². The van der Waals surface area contributed by atoms with Crippen LogP contribution < -0.4 is 5.69 Å². The number of ether oxygens (including phenoxy) is 1. The third-order valence-electron chi connectivity index (χ3n) is 3.00. The van der Waals surface area contributed by atoms with Crippen molar-refractivity contribution < 1.29 is 19.3 Å². The molecule has 0 amide bonds. The van der Waals surface area contributed by atoms with Crippen LogP contribution in [-0.4, -0.2) is 44.2 Å². The number of nitrogens with one attached hydrogen (secondary N) is 1. The highest BCUT2D eigenvalue weighted by molar-refractivity contribution is 7.71. The maximum absolute atomic E-state index is 14.4. The summed E-state index contributed by atoms with van der Waals surface area (Å²) in [5.74, 6) is 0. The van der Waals surface area contributed by atoms with E-state index in [2.05, 4.69) is 4.98 Å². The Morgan fingerprint density at radius 3 is 2.89 bits per heavy atom. The van der Waals surface area contributed by atoms with Crippen molar-refractivity contribution >= 4 is 12.2 Å². The topological polar surface area (TPSA) is 87.5 Å². The van der Waals surface area contributed by atoms with Crippen molar-refractivity contribution in [2.75, 3.05) is 6.61 Å². The highest BCUT2D eigenvalue weighted by atomic mass is 32.1. The molecule has 18 heavy (non-hydrogen) atoms. The van der Waals surface area contributed by atoms with Crippen LogP contribution in [0.2, 0.25) is 0 Å². The molecule has 0 aliphatic carbocycles. The molecule has 6 nitrogen and oxygen atoms in total. The minimum absolute atomic E-state index is 0.217. The first-order valence-electron chi connectivity index (χ1n) is 5.32. The molecule has 1 fully saturated rings. The molecule has 1 aromatic rings. The predicted octanol–water partition coefficient (Wildman–Crippen LogP) is -0.115. The average molecular weight is 276 g/mol. The number of hydrogen-bond donors (Lipinski definition) is 3. The summed E-state index contributed by atoms with van der Waals surface area (Å²) in [7, 11) is 0. The number of hydrogen-bond acceptors (Lipinski definition) is 5. The number of nitrogens with zero attached hydrogens (tertiary/aromatic N) is 1. The van der Waals surface area contributed by atoms with Crippen LogP contribution in [0.15, 0.2) is 17.1 Å². The van der Waals surface area contributed by atoms with Gasteiger partial charge < -0.3 is 14.9 Å². The first-order valence-corrected chi connectivity index (χ1v) is 5.73. The van der Waals surface area contributed by atoms with E-state index in [0.717, 1.165) is 11.5 Å². The lowest BCUT2D eigenvalue weighted by Crippen LogP contribution is -2.42. The zero-order valence-corrected chi connectivity index (χ0v) is 10.4. The Morgan fingerprint density at radius 2 is 2.39 bits per heavy atom. The van der Waals surface area contributed by atoms with E-state index in [1.165, 1.54) is 12.3 Å². The normalized spacial score (nSPS) is 35.9. The number of rotatable bonds is 2. The molecule has 2 rings (SSSR count). The van der Waals surface area contributed by atoms with E-state index in [1.807, 2.05) is 0 Å². The summed E-state index contributed by atoms with van der Waals surface area (Å²) in [5.41, 5.74) is -2.82. The average Bonchev–Trinajstić information content (AvgIpc) is 2.52. The number of alkyl halides is 1. The molecule has 1 aliphatic heterocycles. The third-order valence-corrected chi connectivity index (χ3v) is 3.24. The third kappa shape index (κ3) is 2.01. The molecule has 1 aliphatic rings. The Balaban J connectivity index is 2.45. The summed E-state index contributed by atoms with van der Waals surface area (Å²) >= 11 is 4.77. The van der Waals surface area contributed by atoms with Crippen LogP contribution in [0, 0.1) is 4.64 Å². The smallest absolute Gasteiger partial charge is 0.328 e. The summed E-state index contributed by atoms with van der Waals surface area (Å²) < 4.78 is 20.7. The first-order chi connectivity index (χ1) is 8.37. The molecular formula is C10H13FN2O4S. The Labute approximate surface area is 107 Å². The van der Waals surface area contributed by atoms with Gasteiger partial charge in [-0.3, -0.25) is 9.55 Å². The van der Waals surface area contributed by atoms with Gasteiger partial charge in [0.25, 0.3) is 0 Å². The van der Waals surface area contributed by atoms with E-state index in [9.17, 15) is 14.3 Å². The van der Waals surface area contributed by atoms with Crippen molar-refractivity contribution in [2.45, 2.75) is 31.0 Å². The van der Waals surface area contributed by atoms with Gasteiger partial charge in [0.05, 0.1) is 6.61 Å². The van der Waals surface area contributed by atoms with Crippen molar-refractivity contribution in [1.29, 1.82) is 0 Å². The maximum atomic E-state index is 14.4. The number of aliphatic hydroxyl groups excluding tert-OH is 2. The summed E-state index contributed by atoms with van der Waals surface area (Å²) in [6, 6.07) is 1.41. The molecule has 100 valence electrons. The summed E-state index contributed by atoms with van der Waals surface area (Å²) in [6.07, 6.45) is -2.61. The molecule has 0 saturated carbocycles. The van der Waals surface area contributed by atoms with E-state index in [-0.39, 0.29) is 4.64 Å². The molecule has 0 unspecified atom stereocenters. The number of H-pyrrole nitrogens is 1. The molecule has 3 N–H and O–H groups in total. The minimum Gasteiger partial charge on any atom is -0.394 e.